The molecular formula is C24H25ClN2O2. The van der Waals surface area contributed by atoms with Crippen LogP contribution in [0.15, 0.2) is 36.4 Å². The normalized spacial score (nSPS) is 15.7. The second kappa shape index (κ2) is 6.53. The SMILES string of the molecule is CC(C)(C)OC(=O)N1CCc2c(c3cc(-c4ccccc4Cl)cc4c3n2CC4)C1. The Kier molecular flexibility index (Phi) is 4.18. The van der Waals surface area contributed by atoms with Crippen molar-refractivity contribution in [1.29, 1.82) is 0 Å². The van der Waals surface area contributed by atoms with Crippen LogP contribution in [-0.4, -0.2) is 27.7 Å². The Balaban J connectivity index is 1.60. The third-order valence-electron chi connectivity index (χ3n) is 5.87. The van der Waals surface area contributed by atoms with E-state index in [0.717, 1.165) is 35.5 Å². The van der Waals surface area contributed by atoms with Crippen molar-refractivity contribution in [3.8, 4) is 11.1 Å². The molecule has 0 atom stereocenters. The summed E-state index contributed by atoms with van der Waals surface area (Å²) in [4.78, 5) is 14.5. The van der Waals surface area contributed by atoms with Gasteiger partial charge in [0, 0.05) is 46.7 Å². The van der Waals surface area contributed by atoms with Crippen molar-refractivity contribution >= 4 is 28.6 Å². The van der Waals surface area contributed by atoms with Gasteiger partial charge >= 0.3 is 6.09 Å². The molecule has 2 aliphatic heterocycles. The van der Waals surface area contributed by atoms with Crippen molar-refractivity contribution in [2.24, 2.45) is 0 Å². The van der Waals surface area contributed by atoms with E-state index in [9.17, 15) is 4.79 Å². The number of fused-ring (bicyclic) bond motifs is 3. The molecule has 5 rings (SSSR count). The quantitative estimate of drug-likeness (QED) is 0.509. The maximum absolute atomic E-state index is 12.7. The fourth-order valence-corrected chi connectivity index (χ4v) is 4.92. The molecule has 0 aliphatic carbocycles. The van der Waals surface area contributed by atoms with Gasteiger partial charge in [0.2, 0.25) is 0 Å². The van der Waals surface area contributed by atoms with Crippen LogP contribution in [-0.2, 0) is 30.7 Å². The number of benzene rings is 2. The molecule has 3 aromatic rings. The van der Waals surface area contributed by atoms with Crippen LogP contribution >= 0.6 is 11.6 Å². The maximum atomic E-state index is 12.7. The fraction of sp³-hybridized carbons (Fsp3) is 0.375. The Morgan fingerprint density at radius 1 is 1.10 bits per heavy atom. The van der Waals surface area contributed by atoms with Crippen LogP contribution in [0.25, 0.3) is 22.0 Å². The van der Waals surface area contributed by atoms with Gasteiger partial charge in [-0.1, -0.05) is 29.8 Å². The van der Waals surface area contributed by atoms with E-state index in [4.69, 9.17) is 16.3 Å². The summed E-state index contributed by atoms with van der Waals surface area (Å²) in [6.07, 6.45) is 1.68. The van der Waals surface area contributed by atoms with Gasteiger partial charge in [0.05, 0.1) is 12.1 Å². The number of hydrogen-bond acceptors (Lipinski definition) is 2. The Bertz CT molecular complexity index is 1140. The van der Waals surface area contributed by atoms with Gasteiger partial charge in [-0.05, 0) is 56.5 Å². The van der Waals surface area contributed by atoms with Crippen LogP contribution in [0, 0.1) is 0 Å². The van der Waals surface area contributed by atoms with Crippen molar-refractivity contribution in [1.82, 2.24) is 9.47 Å². The summed E-state index contributed by atoms with van der Waals surface area (Å²) < 4.78 is 8.08. The second-order valence-electron chi connectivity index (χ2n) is 8.99. The van der Waals surface area contributed by atoms with Gasteiger partial charge in [-0.2, -0.15) is 0 Å². The Morgan fingerprint density at radius 3 is 2.66 bits per heavy atom. The highest BCUT2D eigenvalue weighted by molar-refractivity contribution is 6.33. The number of amides is 1. The van der Waals surface area contributed by atoms with Crippen LogP contribution in [0.2, 0.25) is 5.02 Å². The first kappa shape index (κ1) is 18.6. The lowest BCUT2D eigenvalue weighted by molar-refractivity contribution is 0.0223. The molecule has 3 heterocycles. The smallest absolute Gasteiger partial charge is 0.410 e. The Morgan fingerprint density at radius 2 is 1.90 bits per heavy atom. The van der Waals surface area contributed by atoms with Crippen LogP contribution in [0.3, 0.4) is 0 Å². The average molecular weight is 409 g/mol. The van der Waals surface area contributed by atoms with Crippen molar-refractivity contribution < 1.29 is 9.53 Å². The van der Waals surface area contributed by atoms with Crippen LogP contribution in [0.4, 0.5) is 4.79 Å². The summed E-state index contributed by atoms with van der Waals surface area (Å²) in [5.74, 6) is 0. The zero-order valence-corrected chi connectivity index (χ0v) is 17.8. The molecule has 0 saturated heterocycles. The van der Waals surface area contributed by atoms with E-state index in [0.29, 0.717) is 13.1 Å². The Labute approximate surface area is 176 Å². The summed E-state index contributed by atoms with van der Waals surface area (Å²) in [5, 5.41) is 2.01. The van der Waals surface area contributed by atoms with Gasteiger partial charge < -0.3 is 14.2 Å². The van der Waals surface area contributed by atoms with Gasteiger partial charge in [-0.25, -0.2) is 4.79 Å². The van der Waals surface area contributed by atoms with E-state index in [1.807, 2.05) is 43.9 Å². The fourth-order valence-electron chi connectivity index (χ4n) is 4.67. The average Bonchev–Trinajstić information content (AvgIpc) is 3.23. The number of aromatic nitrogens is 1. The third kappa shape index (κ3) is 3.10. The second-order valence-corrected chi connectivity index (χ2v) is 9.40. The molecule has 0 radical (unpaired) electrons. The van der Waals surface area contributed by atoms with Crippen molar-refractivity contribution in [3.63, 3.8) is 0 Å². The number of halogens is 1. The van der Waals surface area contributed by atoms with E-state index in [2.05, 4.69) is 22.8 Å². The minimum atomic E-state index is -0.485. The van der Waals surface area contributed by atoms with Gasteiger partial charge in [0.25, 0.3) is 0 Å². The molecule has 0 N–H and O–H groups in total. The van der Waals surface area contributed by atoms with Crippen molar-refractivity contribution in [3.05, 3.63) is 58.2 Å². The minimum Gasteiger partial charge on any atom is -0.444 e. The van der Waals surface area contributed by atoms with E-state index in [-0.39, 0.29) is 6.09 Å². The molecular weight excluding hydrogens is 384 g/mol. The molecule has 150 valence electrons. The predicted molar refractivity (Wildman–Crippen MR) is 116 cm³/mol. The highest BCUT2D eigenvalue weighted by atomic mass is 35.5. The molecule has 0 bridgehead atoms. The summed E-state index contributed by atoms with van der Waals surface area (Å²) in [6, 6.07) is 12.5. The molecule has 29 heavy (non-hydrogen) atoms. The number of carbonyl (C=O) groups excluding carboxylic acids is 1. The molecule has 5 heteroatoms. The van der Waals surface area contributed by atoms with Crippen molar-refractivity contribution in [2.75, 3.05) is 6.54 Å². The topological polar surface area (TPSA) is 34.5 Å². The van der Waals surface area contributed by atoms with Gasteiger partial charge in [0.1, 0.15) is 5.60 Å². The largest absolute Gasteiger partial charge is 0.444 e. The summed E-state index contributed by atoms with van der Waals surface area (Å²) >= 11 is 6.49. The molecule has 1 amide bonds. The number of ether oxygens (including phenoxy) is 1. The monoisotopic (exact) mass is 408 g/mol. The number of rotatable bonds is 1. The lowest BCUT2D eigenvalue weighted by Gasteiger charge is -2.30. The van der Waals surface area contributed by atoms with Crippen LogP contribution in [0.5, 0.6) is 0 Å². The van der Waals surface area contributed by atoms with E-state index >= 15 is 0 Å². The van der Waals surface area contributed by atoms with E-state index in [1.165, 1.54) is 27.7 Å². The number of nitrogens with zero attached hydrogens (tertiary/aromatic N) is 2. The van der Waals surface area contributed by atoms with Crippen LogP contribution in [0.1, 0.15) is 37.6 Å². The van der Waals surface area contributed by atoms with Gasteiger partial charge in [-0.3, -0.25) is 0 Å². The minimum absolute atomic E-state index is 0.233. The number of aryl methyl sites for hydroxylation is 2. The van der Waals surface area contributed by atoms with Gasteiger partial charge in [0.15, 0.2) is 0 Å². The highest BCUT2D eigenvalue weighted by Crippen LogP contribution is 2.40. The molecule has 0 saturated carbocycles. The molecule has 0 spiro atoms. The zero-order valence-electron chi connectivity index (χ0n) is 17.1. The number of carbonyl (C=O) groups is 1. The maximum Gasteiger partial charge on any atom is 0.410 e. The van der Waals surface area contributed by atoms with Crippen LogP contribution < -0.4 is 0 Å². The first-order chi connectivity index (χ1) is 13.8. The first-order valence-corrected chi connectivity index (χ1v) is 10.6. The summed E-state index contributed by atoms with van der Waals surface area (Å²) in [6.45, 7) is 8.04. The Hall–Kier alpha value is -2.46. The number of hydrogen-bond donors (Lipinski definition) is 0. The first-order valence-electron chi connectivity index (χ1n) is 10.2. The molecule has 2 aromatic carbocycles. The van der Waals surface area contributed by atoms with E-state index < -0.39 is 5.60 Å². The molecule has 0 fully saturated rings. The third-order valence-corrected chi connectivity index (χ3v) is 6.20. The molecule has 0 unspecified atom stereocenters. The lowest BCUT2D eigenvalue weighted by atomic mass is 9.96. The zero-order chi connectivity index (χ0) is 20.3. The lowest BCUT2D eigenvalue weighted by Crippen LogP contribution is -2.40. The van der Waals surface area contributed by atoms with Gasteiger partial charge in [-0.15, -0.1) is 0 Å². The molecule has 2 aliphatic rings. The predicted octanol–water partition coefficient (Wildman–Crippen LogP) is 5.81. The van der Waals surface area contributed by atoms with Crippen molar-refractivity contribution in [2.45, 2.75) is 52.3 Å². The summed E-state index contributed by atoms with van der Waals surface area (Å²) in [7, 11) is 0. The highest BCUT2D eigenvalue weighted by Gasteiger charge is 2.31. The summed E-state index contributed by atoms with van der Waals surface area (Å²) in [5.41, 5.74) is 7.05. The molecule has 4 nitrogen and oxygen atoms in total. The standard InChI is InChI=1S/C24H25ClN2O2/c1-24(2,3)29-23(28)26-10-9-21-19(14-26)18-13-16(17-6-4-5-7-20(17)25)12-15-8-11-27(21)22(15)18/h4-7,12-13H,8-11,14H2,1-3H3. The van der Waals surface area contributed by atoms with E-state index in [1.54, 1.807) is 0 Å². The molecule has 1 aromatic heterocycles.